The van der Waals surface area contributed by atoms with Crippen molar-refractivity contribution in [2.75, 3.05) is 60.2 Å². The fourth-order valence-corrected chi connectivity index (χ4v) is 14.2. The summed E-state index contributed by atoms with van der Waals surface area (Å²) in [4.78, 5) is 28.2. The molecule has 9 heteroatoms. The van der Waals surface area contributed by atoms with Crippen LogP contribution in [0, 0.1) is 10.8 Å². The van der Waals surface area contributed by atoms with Gasteiger partial charge in [-0.05, 0) is 192 Å². The smallest absolute Gasteiger partial charge is 0.408 e. The molecule has 2 amide bonds. The van der Waals surface area contributed by atoms with E-state index in [4.69, 9.17) is 23.7 Å². The van der Waals surface area contributed by atoms with E-state index < -0.39 is 17.7 Å². The zero-order chi connectivity index (χ0) is 54.0. The van der Waals surface area contributed by atoms with Crippen molar-refractivity contribution in [3.63, 3.8) is 0 Å². The molecule has 9 nitrogen and oxygen atoms in total. The number of amides is 2. The molecule has 0 saturated heterocycles. The lowest BCUT2D eigenvalue weighted by Gasteiger charge is -2.56. The summed E-state index contributed by atoms with van der Waals surface area (Å²) < 4.78 is 28.8. The normalized spacial score (nSPS) is 16.9. The Morgan fingerprint density at radius 2 is 0.948 bits per heavy atom. The minimum atomic E-state index is -0.788. The third kappa shape index (κ3) is 10.5. The van der Waals surface area contributed by atoms with Gasteiger partial charge in [0, 0.05) is 76.9 Å². The zero-order valence-corrected chi connectivity index (χ0v) is 46.9. The van der Waals surface area contributed by atoms with E-state index in [0.29, 0.717) is 19.6 Å². The van der Waals surface area contributed by atoms with Gasteiger partial charge in [0.25, 0.3) is 0 Å². The fourth-order valence-electron chi connectivity index (χ4n) is 14.2. The summed E-state index contributed by atoms with van der Waals surface area (Å²) in [5, 5.41) is 6.41. The van der Waals surface area contributed by atoms with Crippen LogP contribution in [0.5, 0.6) is 0 Å². The highest BCUT2D eigenvalue weighted by Gasteiger charge is 2.61. The molecule has 404 valence electrons. The minimum absolute atomic E-state index is 0.0124. The molecule has 77 heavy (non-hydrogen) atoms. The maximum atomic E-state index is 14.9. The molecule has 2 saturated carbocycles. The van der Waals surface area contributed by atoms with E-state index in [1.54, 1.807) is 14.2 Å². The number of nitrogens with one attached hydrogen (secondary N) is 2. The van der Waals surface area contributed by atoms with Gasteiger partial charge in [0.2, 0.25) is 5.91 Å². The Balaban J connectivity index is 1.10. The van der Waals surface area contributed by atoms with Crippen molar-refractivity contribution in [3.8, 4) is 55.6 Å². The van der Waals surface area contributed by atoms with E-state index >= 15 is 0 Å². The lowest BCUT2D eigenvalue weighted by atomic mass is 9.47. The third-order valence-electron chi connectivity index (χ3n) is 17.8. The van der Waals surface area contributed by atoms with E-state index in [1.165, 1.54) is 55.6 Å². The Labute approximate surface area is 457 Å². The predicted molar refractivity (Wildman–Crippen MR) is 310 cm³/mol. The van der Waals surface area contributed by atoms with Crippen LogP contribution in [-0.4, -0.2) is 78.5 Å². The number of fused-ring (bicyclic) bond motifs is 10. The summed E-state index contributed by atoms with van der Waals surface area (Å²) in [7, 11) is 7.22. The van der Waals surface area contributed by atoms with Crippen molar-refractivity contribution in [2.24, 2.45) is 10.8 Å². The van der Waals surface area contributed by atoms with Gasteiger partial charge in [-0.3, -0.25) is 4.79 Å². The number of hydrogen-bond donors (Lipinski definition) is 2. The molecule has 0 aliphatic heterocycles. The van der Waals surface area contributed by atoms with Gasteiger partial charge in [-0.15, -0.1) is 0 Å². The van der Waals surface area contributed by atoms with Crippen molar-refractivity contribution in [2.45, 2.75) is 127 Å². The Hall–Kier alpha value is -6.10. The molecule has 2 N–H and O–H groups in total. The first kappa shape index (κ1) is 54.3. The van der Waals surface area contributed by atoms with E-state index in [1.807, 2.05) is 41.1 Å². The molecular weight excluding hydrogens is 957 g/mol. The maximum Gasteiger partial charge on any atom is 0.408 e. The van der Waals surface area contributed by atoms with Crippen LogP contribution in [0.4, 0.5) is 10.5 Å². The number of hydrogen-bond acceptors (Lipinski definition) is 7. The van der Waals surface area contributed by atoms with Gasteiger partial charge in [0.1, 0.15) is 11.6 Å². The summed E-state index contributed by atoms with van der Waals surface area (Å²) in [6, 6.07) is 46.4. The van der Waals surface area contributed by atoms with E-state index in [2.05, 4.69) is 139 Å². The molecule has 1 unspecified atom stereocenters. The van der Waals surface area contributed by atoms with Crippen molar-refractivity contribution < 1.29 is 33.3 Å². The highest BCUT2D eigenvalue weighted by Crippen LogP contribution is 2.70. The van der Waals surface area contributed by atoms with Crippen molar-refractivity contribution in [1.29, 1.82) is 0 Å². The monoisotopic (exact) mass is 1040 g/mol. The molecule has 4 aliphatic rings. The summed E-state index contributed by atoms with van der Waals surface area (Å²) in [5.74, 6) is -0.255. The van der Waals surface area contributed by atoms with Gasteiger partial charge >= 0.3 is 6.09 Å². The molecule has 2 fully saturated rings. The van der Waals surface area contributed by atoms with Gasteiger partial charge < -0.3 is 34.3 Å². The zero-order valence-electron chi connectivity index (χ0n) is 46.9. The van der Waals surface area contributed by atoms with E-state index in [0.717, 1.165) is 112 Å². The van der Waals surface area contributed by atoms with Crippen LogP contribution >= 0.6 is 0 Å². The molecule has 0 aromatic heterocycles. The second kappa shape index (κ2) is 22.3. The number of rotatable bonds is 22. The molecular formula is C68H80N2O7. The highest BCUT2D eigenvalue weighted by molar-refractivity contribution is 6.04. The number of carbonyl (C=O) groups excluding carboxylic acids is 2. The summed E-state index contributed by atoms with van der Waals surface area (Å²) >= 11 is 0. The molecule has 6 aromatic rings. The van der Waals surface area contributed by atoms with Crippen LogP contribution in [0.3, 0.4) is 0 Å². The van der Waals surface area contributed by atoms with Crippen LogP contribution in [0.1, 0.15) is 127 Å². The van der Waals surface area contributed by atoms with Crippen LogP contribution < -0.4 is 10.6 Å². The van der Waals surface area contributed by atoms with Crippen LogP contribution in [0.25, 0.3) is 55.6 Å². The minimum Gasteiger partial charge on any atom is -0.444 e. The number of alkyl carbamates (subject to hydrolysis) is 1. The average Bonchev–Trinajstić information content (AvgIpc) is 4.11. The standard InChI is InChI=1S/C68H80N2O7/c1-9-10-13-22-59(70-63(72)77-64(2,3)4)62(71)69-60-41-51(47-20-16-12-17-21-47)40-58-61(60)54-28-25-50(39-57(54)68(58)44-66(45-68,31-35-75-7)32-36-76-8)49-24-27-53-52-26-23-48(46-18-14-11-15-19-46)37-55(52)67(56(53)38-49)42-65(43-67,29-33-73-5)30-34-74-6/h11-12,14-21,23-28,37-41,59H,9-10,13,22,29-36,42-45H2,1-8H3,(H,69,71)(H,70,72). The molecule has 0 heterocycles. The first-order chi connectivity index (χ1) is 37.2. The Morgan fingerprint density at radius 1 is 0.519 bits per heavy atom. The maximum absolute atomic E-state index is 14.9. The van der Waals surface area contributed by atoms with Crippen molar-refractivity contribution >= 4 is 17.7 Å². The lowest BCUT2D eigenvalue weighted by Crippen LogP contribution is -2.50. The van der Waals surface area contributed by atoms with Gasteiger partial charge in [-0.2, -0.15) is 0 Å². The second-order valence-electron chi connectivity index (χ2n) is 24.0. The topological polar surface area (TPSA) is 104 Å². The van der Waals surface area contributed by atoms with Crippen molar-refractivity contribution in [1.82, 2.24) is 5.32 Å². The highest BCUT2D eigenvalue weighted by atomic mass is 16.6. The number of unbranched alkanes of at least 4 members (excludes halogenated alkanes) is 2. The Bertz CT molecular complexity index is 3050. The first-order valence-corrected chi connectivity index (χ1v) is 28.2. The molecule has 2 spiro atoms. The molecule has 0 bridgehead atoms. The van der Waals surface area contributed by atoms with E-state index in [9.17, 15) is 9.59 Å². The number of benzene rings is 6. The SMILES string of the molecule is CCCCCC(NC(=O)OC(C)(C)C)C(=O)Nc1cc(-c2ccccc2)cc2c1-c1ccc(-c3ccc4c(c3)C3(CC(CCOC)(CCOC)C3)c3cc(-c5ccccc5)ccc3-4)cc1C21CC(CCOC)(CCOC)C1. The largest absolute Gasteiger partial charge is 0.444 e. The number of anilines is 1. The predicted octanol–water partition coefficient (Wildman–Crippen LogP) is 15.3. The number of methoxy groups -OCH3 is 4. The van der Waals surface area contributed by atoms with Gasteiger partial charge in [-0.25, -0.2) is 4.79 Å². The summed E-state index contributed by atoms with van der Waals surface area (Å²) in [6.45, 7) is 10.4. The number of ether oxygens (including phenoxy) is 5. The third-order valence-corrected chi connectivity index (χ3v) is 17.8. The van der Waals surface area contributed by atoms with Crippen LogP contribution in [0.2, 0.25) is 0 Å². The molecule has 6 aromatic carbocycles. The number of carbonyl (C=O) groups is 2. The van der Waals surface area contributed by atoms with Crippen LogP contribution in [0.15, 0.2) is 127 Å². The fraction of sp³-hybridized carbons (Fsp3) is 0.441. The van der Waals surface area contributed by atoms with Gasteiger partial charge in [0.15, 0.2) is 0 Å². The van der Waals surface area contributed by atoms with Gasteiger partial charge in [-0.1, -0.05) is 123 Å². The first-order valence-electron chi connectivity index (χ1n) is 28.2. The molecule has 0 radical (unpaired) electrons. The van der Waals surface area contributed by atoms with Crippen LogP contribution in [-0.2, 0) is 39.3 Å². The van der Waals surface area contributed by atoms with Gasteiger partial charge in [0.05, 0.1) is 0 Å². The Kier molecular flexibility index (Phi) is 15.7. The second-order valence-corrected chi connectivity index (χ2v) is 24.0. The summed E-state index contributed by atoms with van der Waals surface area (Å²) in [6.07, 6.45) is 10.4. The Morgan fingerprint density at radius 3 is 1.42 bits per heavy atom. The molecule has 1 atom stereocenters. The average molecular weight is 1040 g/mol. The summed E-state index contributed by atoms with van der Waals surface area (Å²) in [5.41, 5.74) is 16.8. The van der Waals surface area contributed by atoms with E-state index in [-0.39, 0.29) is 27.6 Å². The lowest BCUT2D eigenvalue weighted by molar-refractivity contribution is -0.118. The van der Waals surface area contributed by atoms with Crippen molar-refractivity contribution in [3.05, 3.63) is 150 Å². The quantitative estimate of drug-likeness (QED) is 0.0653. The molecule has 4 aliphatic carbocycles. The molecule has 10 rings (SSSR count).